The van der Waals surface area contributed by atoms with Gasteiger partial charge in [0.25, 0.3) is 0 Å². The maximum absolute atomic E-state index is 11.7. The summed E-state index contributed by atoms with van der Waals surface area (Å²) in [4.78, 5) is 22.7. The lowest BCUT2D eigenvalue weighted by Crippen LogP contribution is -2.27. The van der Waals surface area contributed by atoms with Crippen LogP contribution < -0.4 is 9.62 Å². The molecule has 2 rings (SSSR count). The van der Waals surface area contributed by atoms with Gasteiger partial charge in [0, 0.05) is 18.7 Å². The summed E-state index contributed by atoms with van der Waals surface area (Å²) in [6.07, 6.45) is 1.84. The van der Waals surface area contributed by atoms with Crippen molar-refractivity contribution in [3.8, 4) is 0 Å². The van der Waals surface area contributed by atoms with E-state index >= 15 is 0 Å². The maximum atomic E-state index is 11.7. The highest BCUT2D eigenvalue weighted by molar-refractivity contribution is 7.92. The second-order valence-corrected chi connectivity index (χ2v) is 6.96. The van der Waals surface area contributed by atoms with Gasteiger partial charge < -0.3 is 10.1 Å². The quantitative estimate of drug-likeness (QED) is 0.812. The molecule has 1 heterocycles. The van der Waals surface area contributed by atoms with Crippen LogP contribution in [0.25, 0.3) is 0 Å². The minimum Gasteiger partial charge on any atom is -0.469 e. The standard InChI is InChI=1S/C14H18N2O5S/c1-21-14(18)6-5-13(17)15-11-3-4-12-10(9-11)7-8-16(12)22(2,19)20/h3-4,9H,5-8H2,1-2H3,(H,15,17). The third kappa shape index (κ3) is 3.76. The maximum Gasteiger partial charge on any atom is 0.306 e. The Bertz CT molecular complexity index is 699. The number of methoxy groups -OCH3 is 1. The summed E-state index contributed by atoms with van der Waals surface area (Å²) in [5, 5.41) is 2.69. The van der Waals surface area contributed by atoms with Gasteiger partial charge >= 0.3 is 5.97 Å². The zero-order valence-electron chi connectivity index (χ0n) is 12.5. The molecule has 0 unspecified atom stereocenters. The molecule has 0 fully saturated rings. The fourth-order valence-corrected chi connectivity index (χ4v) is 3.29. The second-order valence-electron chi connectivity index (χ2n) is 5.05. The van der Waals surface area contributed by atoms with Gasteiger partial charge in [-0.25, -0.2) is 8.42 Å². The molecule has 7 nitrogen and oxygen atoms in total. The highest BCUT2D eigenvalue weighted by Crippen LogP contribution is 2.32. The number of ether oxygens (including phenoxy) is 1. The number of hydrogen-bond donors (Lipinski definition) is 1. The number of carbonyl (C=O) groups is 2. The highest BCUT2D eigenvalue weighted by Gasteiger charge is 2.26. The average molecular weight is 326 g/mol. The molecule has 0 aromatic heterocycles. The molecule has 1 aliphatic heterocycles. The molecular formula is C14H18N2O5S. The van der Waals surface area contributed by atoms with E-state index in [1.807, 2.05) is 0 Å². The minimum absolute atomic E-state index is 0.0229. The fourth-order valence-electron chi connectivity index (χ4n) is 2.33. The lowest BCUT2D eigenvalue weighted by molar-refractivity contribution is -0.141. The summed E-state index contributed by atoms with van der Waals surface area (Å²) >= 11 is 0. The van der Waals surface area contributed by atoms with E-state index in [1.54, 1.807) is 18.2 Å². The molecule has 0 radical (unpaired) electrons. The molecule has 0 saturated heterocycles. The molecule has 0 atom stereocenters. The lowest BCUT2D eigenvalue weighted by atomic mass is 10.1. The van der Waals surface area contributed by atoms with Crippen LogP contribution in [0.15, 0.2) is 18.2 Å². The first-order valence-electron chi connectivity index (χ1n) is 6.78. The number of fused-ring (bicyclic) bond motifs is 1. The molecular weight excluding hydrogens is 308 g/mol. The van der Waals surface area contributed by atoms with Crippen LogP contribution in [0.1, 0.15) is 18.4 Å². The smallest absolute Gasteiger partial charge is 0.306 e. The zero-order chi connectivity index (χ0) is 16.3. The minimum atomic E-state index is -3.28. The third-order valence-electron chi connectivity index (χ3n) is 3.40. The Morgan fingerprint density at radius 3 is 2.68 bits per heavy atom. The van der Waals surface area contributed by atoms with Gasteiger partial charge in [0.05, 0.1) is 25.5 Å². The van der Waals surface area contributed by atoms with Gasteiger partial charge in [-0.15, -0.1) is 0 Å². The van der Waals surface area contributed by atoms with E-state index in [9.17, 15) is 18.0 Å². The molecule has 0 spiro atoms. The molecule has 0 saturated carbocycles. The number of rotatable bonds is 5. The van der Waals surface area contributed by atoms with E-state index in [2.05, 4.69) is 10.1 Å². The summed E-state index contributed by atoms with van der Waals surface area (Å²) in [6, 6.07) is 5.09. The van der Waals surface area contributed by atoms with Gasteiger partial charge in [0.1, 0.15) is 0 Å². The number of benzene rings is 1. The predicted octanol–water partition coefficient (Wildman–Crippen LogP) is 0.900. The van der Waals surface area contributed by atoms with Crippen LogP contribution in [0.5, 0.6) is 0 Å². The fraction of sp³-hybridized carbons (Fsp3) is 0.429. The van der Waals surface area contributed by atoms with Crippen molar-refractivity contribution in [2.24, 2.45) is 0 Å². The van der Waals surface area contributed by atoms with Crippen molar-refractivity contribution in [1.82, 2.24) is 0 Å². The monoisotopic (exact) mass is 326 g/mol. The van der Waals surface area contributed by atoms with Crippen LogP contribution >= 0.6 is 0 Å². The molecule has 8 heteroatoms. The molecule has 1 aromatic carbocycles. The van der Waals surface area contributed by atoms with Crippen molar-refractivity contribution in [1.29, 1.82) is 0 Å². The second kappa shape index (κ2) is 6.35. The van der Waals surface area contributed by atoms with Gasteiger partial charge in [0.15, 0.2) is 0 Å². The number of carbonyl (C=O) groups excluding carboxylic acids is 2. The average Bonchev–Trinajstić information content (AvgIpc) is 2.87. The van der Waals surface area contributed by atoms with Crippen LogP contribution in [0.4, 0.5) is 11.4 Å². The van der Waals surface area contributed by atoms with Crippen LogP contribution in [0, 0.1) is 0 Å². The Kier molecular flexibility index (Phi) is 4.70. The number of nitrogens with zero attached hydrogens (tertiary/aromatic N) is 1. The molecule has 0 aliphatic carbocycles. The number of amides is 1. The van der Waals surface area contributed by atoms with E-state index < -0.39 is 16.0 Å². The first-order chi connectivity index (χ1) is 10.3. The van der Waals surface area contributed by atoms with Crippen molar-refractivity contribution < 1.29 is 22.7 Å². The number of hydrogen-bond acceptors (Lipinski definition) is 5. The Hall–Kier alpha value is -2.09. The van der Waals surface area contributed by atoms with Crippen LogP contribution in [-0.4, -0.2) is 40.2 Å². The lowest BCUT2D eigenvalue weighted by Gasteiger charge is -2.16. The summed E-state index contributed by atoms with van der Waals surface area (Å²) < 4.78 is 29.1. The predicted molar refractivity (Wildman–Crippen MR) is 82.2 cm³/mol. The molecule has 1 aliphatic rings. The van der Waals surface area contributed by atoms with Gasteiger partial charge in [0.2, 0.25) is 15.9 Å². The van der Waals surface area contributed by atoms with Gasteiger partial charge in [-0.3, -0.25) is 13.9 Å². The molecule has 0 bridgehead atoms. The van der Waals surface area contributed by atoms with Crippen molar-refractivity contribution >= 4 is 33.3 Å². The Morgan fingerprint density at radius 2 is 2.05 bits per heavy atom. The molecule has 22 heavy (non-hydrogen) atoms. The largest absolute Gasteiger partial charge is 0.469 e. The first-order valence-corrected chi connectivity index (χ1v) is 8.63. The normalized spacial score (nSPS) is 13.6. The van der Waals surface area contributed by atoms with Gasteiger partial charge in [-0.2, -0.15) is 0 Å². The Morgan fingerprint density at radius 1 is 1.32 bits per heavy atom. The van der Waals surface area contributed by atoms with E-state index in [1.165, 1.54) is 17.7 Å². The number of nitrogens with one attached hydrogen (secondary N) is 1. The summed E-state index contributed by atoms with van der Waals surface area (Å²) in [5.74, 6) is -0.726. The van der Waals surface area contributed by atoms with Crippen molar-refractivity contribution in [2.45, 2.75) is 19.3 Å². The van der Waals surface area contributed by atoms with Crippen LogP contribution in [0.3, 0.4) is 0 Å². The van der Waals surface area contributed by atoms with Gasteiger partial charge in [-0.05, 0) is 30.2 Å². The van der Waals surface area contributed by atoms with E-state index in [-0.39, 0.29) is 18.7 Å². The number of esters is 1. The van der Waals surface area contributed by atoms with E-state index in [4.69, 9.17) is 0 Å². The topological polar surface area (TPSA) is 92.8 Å². The summed E-state index contributed by atoms with van der Waals surface area (Å²) in [5.41, 5.74) is 2.11. The van der Waals surface area contributed by atoms with Crippen LogP contribution in [-0.2, 0) is 30.8 Å². The summed E-state index contributed by atoms with van der Waals surface area (Å²) in [7, 11) is -2.01. The van der Waals surface area contributed by atoms with E-state index in [0.717, 1.165) is 5.56 Å². The molecule has 1 N–H and O–H groups in total. The number of anilines is 2. The Balaban J connectivity index is 2.04. The molecule has 1 aromatic rings. The SMILES string of the molecule is COC(=O)CCC(=O)Nc1ccc2c(c1)CCN2S(C)(=O)=O. The molecule has 120 valence electrons. The van der Waals surface area contributed by atoms with Crippen molar-refractivity contribution in [3.63, 3.8) is 0 Å². The van der Waals surface area contributed by atoms with Crippen molar-refractivity contribution in [3.05, 3.63) is 23.8 Å². The van der Waals surface area contributed by atoms with E-state index in [0.29, 0.717) is 24.3 Å². The number of sulfonamides is 1. The highest BCUT2D eigenvalue weighted by atomic mass is 32.2. The third-order valence-corrected chi connectivity index (χ3v) is 4.58. The Labute approximate surface area is 129 Å². The molecule has 1 amide bonds. The van der Waals surface area contributed by atoms with Gasteiger partial charge in [-0.1, -0.05) is 0 Å². The zero-order valence-corrected chi connectivity index (χ0v) is 13.3. The summed E-state index contributed by atoms with van der Waals surface area (Å²) in [6.45, 7) is 0.411. The van der Waals surface area contributed by atoms with Crippen LogP contribution in [0.2, 0.25) is 0 Å². The van der Waals surface area contributed by atoms with Crippen molar-refractivity contribution in [2.75, 3.05) is 29.5 Å². The first kappa shape index (κ1) is 16.3.